The van der Waals surface area contributed by atoms with E-state index in [9.17, 15) is 0 Å². The van der Waals surface area contributed by atoms with Crippen molar-refractivity contribution in [3.05, 3.63) is 40.5 Å². The van der Waals surface area contributed by atoms with Crippen LogP contribution >= 0.6 is 11.8 Å². The molecule has 130 valence electrons. The Morgan fingerprint density at radius 1 is 1.13 bits per heavy atom. The normalized spacial score (nSPS) is 14.0. The topological polar surface area (TPSA) is 9.23 Å². The van der Waals surface area contributed by atoms with Gasteiger partial charge in [-0.2, -0.15) is 0 Å². The maximum absolute atomic E-state index is 6.54. The fourth-order valence-corrected chi connectivity index (χ4v) is 4.44. The lowest BCUT2D eigenvalue weighted by Crippen LogP contribution is -2.40. The molecule has 0 amide bonds. The molecule has 1 rings (SSSR count). The molecule has 1 aromatic rings. The fraction of sp³-hybridized carbons (Fsp3) is 0.600. The SMILES string of the molecule is CS/C(O[Si](C)(C)C(C)(C)C)=C(/C)c1ccc(CC(C)C)cc1. The van der Waals surface area contributed by atoms with Crippen molar-refractivity contribution in [1.82, 2.24) is 0 Å². The predicted molar refractivity (Wildman–Crippen MR) is 109 cm³/mol. The molecule has 1 aromatic carbocycles. The van der Waals surface area contributed by atoms with Crippen molar-refractivity contribution in [2.75, 3.05) is 6.26 Å². The lowest BCUT2D eigenvalue weighted by molar-refractivity contribution is 0.419. The molecule has 0 spiro atoms. The van der Waals surface area contributed by atoms with Crippen molar-refractivity contribution in [3.63, 3.8) is 0 Å². The Hall–Kier alpha value is -0.673. The molecule has 0 aliphatic rings. The molecule has 23 heavy (non-hydrogen) atoms. The minimum atomic E-state index is -1.80. The van der Waals surface area contributed by atoms with E-state index in [1.807, 2.05) is 0 Å². The van der Waals surface area contributed by atoms with Crippen LogP contribution in [-0.2, 0) is 10.8 Å². The van der Waals surface area contributed by atoms with E-state index in [4.69, 9.17) is 4.43 Å². The van der Waals surface area contributed by atoms with E-state index < -0.39 is 8.32 Å². The average molecular weight is 351 g/mol. The number of allylic oxidation sites excluding steroid dienone is 1. The first-order valence-electron chi connectivity index (χ1n) is 8.51. The van der Waals surface area contributed by atoms with Crippen molar-refractivity contribution in [2.45, 2.75) is 66.1 Å². The van der Waals surface area contributed by atoms with Gasteiger partial charge in [0.25, 0.3) is 8.32 Å². The van der Waals surface area contributed by atoms with Gasteiger partial charge in [0.2, 0.25) is 0 Å². The molecule has 0 heterocycles. The van der Waals surface area contributed by atoms with Crippen molar-refractivity contribution < 1.29 is 4.43 Å². The molecule has 0 atom stereocenters. The molecule has 3 heteroatoms. The summed E-state index contributed by atoms with van der Waals surface area (Å²) in [4.78, 5) is 0. The van der Waals surface area contributed by atoms with Crippen LogP contribution in [0.3, 0.4) is 0 Å². The lowest BCUT2D eigenvalue weighted by atomic mass is 10.00. The average Bonchev–Trinajstić information content (AvgIpc) is 2.43. The number of thioether (sulfide) groups is 1. The molecule has 0 bridgehead atoms. The van der Waals surface area contributed by atoms with Crippen LogP contribution in [-0.4, -0.2) is 14.6 Å². The number of hydrogen-bond acceptors (Lipinski definition) is 2. The summed E-state index contributed by atoms with van der Waals surface area (Å²) in [6, 6.07) is 8.97. The van der Waals surface area contributed by atoms with Gasteiger partial charge >= 0.3 is 0 Å². The van der Waals surface area contributed by atoms with Gasteiger partial charge in [-0.15, -0.1) is 0 Å². The molecular weight excluding hydrogens is 316 g/mol. The first kappa shape index (κ1) is 20.4. The fourth-order valence-electron chi connectivity index (χ4n) is 2.14. The van der Waals surface area contributed by atoms with Gasteiger partial charge in [0.15, 0.2) is 0 Å². The van der Waals surface area contributed by atoms with Crippen LogP contribution in [0.2, 0.25) is 18.1 Å². The van der Waals surface area contributed by atoms with Crippen molar-refractivity contribution in [3.8, 4) is 0 Å². The Morgan fingerprint density at radius 2 is 1.65 bits per heavy atom. The maximum atomic E-state index is 6.54. The van der Waals surface area contributed by atoms with Gasteiger partial charge in [-0.3, -0.25) is 0 Å². The molecule has 0 saturated heterocycles. The molecule has 0 fully saturated rings. The van der Waals surface area contributed by atoms with Crippen LogP contribution in [0.15, 0.2) is 29.4 Å². The summed E-state index contributed by atoms with van der Waals surface area (Å²) in [6.07, 6.45) is 3.25. The third-order valence-corrected chi connectivity index (χ3v) is 9.91. The lowest BCUT2D eigenvalue weighted by Gasteiger charge is -2.37. The van der Waals surface area contributed by atoms with Gasteiger partial charge in [-0.1, -0.05) is 70.6 Å². The van der Waals surface area contributed by atoms with E-state index in [1.165, 1.54) is 16.7 Å². The molecule has 0 saturated carbocycles. The largest absolute Gasteiger partial charge is 0.539 e. The second kappa shape index (κ2) is 7.93. The van der Waals surface area contributed by atoms with E-state index in [2.05, 4.69) is 85.2 Å². The second-order valence-corrected chi connectivity index (χ2v) is 13.8. The monoisotopic (exact) mass is 350 g/mol. The highest BCUT2D eigenvalue weighted by Gasteiger charge is 2.39. The summed E-state index contributed by atoms with van der Waals surface area (Å²) in [7, 11) is -1.80. The van der Waals surface area contributed by atoms with Crippen LogP contribution in [0.1, 0.15) is 52.7 Å². The smallest absolute Gasteiger partial charge is 0.251 e. The quantitative estimate of drug-likeness (QED) is 0.405. The zero-order chi connectivity index (χ0) is 17.8. The molecule has 0 N–H and O–H groups in total. The third-order valence-electron chi connectivity index (χ3n) is 4.68. The summed E-state index contributed by atoms with van der Waals surface area (Å²) in [5, 5.41) is 1.29. The molecule has 0 aliphatic carbocycles. The Morgan fingerprint density at radius 3 is 2.04 bits per heavy atom. The maximum Gasteiger partial charge on any atom is 0.251 e. The summed E-state index contributed by atoms with van der Waals surface area (Å²) in [5.74, 6) is 0.696. The second-order valence-electron chi connectivity index (χ2n) is 8.27. The molecule has 0 radical (unpaired) electrons. The Bertz CT molecular complexity index is 536. The van der Waals surface area contributed by atoms with Gasteiger partial charge in [0.1, 0.15) is 5.09 Å². The first-order chi connectivity index (χ1) is 10.5. The molecule has 0 unspecified atom stereocenters. The number of hydrogen-bond donors (Lipinski definition) is 0. The van der Waals surface area contributed by atoms with Crippen LogP contribution in [0.5, 0.6) is 0 Å². The number of rotatable bonds is 6. The zero-order valence-corrected chi connectivity index (χ0v) is 18.2. The zero-order valence-electron chi connectivity index (χ0n) is 16.4. The van der Waals surface area contributed by atoms with Gasteiger partial charge in [-0.25, -0.2) is 0 Å². The van der Waals surface area contributed by atoms with Gasteiger partial charge in [-0.05, 0) is 54.8 Å². The van der Waals surface area contributed by atoms with Crippen LogP contribution in [0.4, 0.5) is 0 Å². The van der Waals surface area contributed by atoms with Gasteiger partial charge in [0, 0.05) is 5.57 Å². The highest BCUT2D eigenvalue weighted by Crippen LogP contribution is 2.40. The predicted octanol–water partition coefficient (Wildman–Crippen LogP) is 6.96. The summed E-state index contributed by atoms with van der Waals surface area (Å²) in [6.45, 7) is 18.2. The van der Waals surface area contributed by atoms with Gasteiger partial charge in [0.05, 0.1) is 0 Å². The van der Waals surface area contributed by atoms with E-state index in [1.54, 1.807) is 11.8 Å². The van der Waals surface area contributed by atoms with Crippen molar-refractivity contribution in [2.24, 2.45) is 5.92 Å². The standard InChI is InChI=1S/C20H34OSSi/c1-15(2)14-17-10-12-18(13-11-17)16(3)19(22-7)21-23(8,9)20(4,5)6/h10-13,15H,14H2,1-9H3/b19-16-. The highest BCUT2D eigenvalue weighted by atomic mass is 32.2. The van der Waals surface area contributed by atoms with Crippen molar-refractivity contribution in [1.29, 1.82) is 0 Å². The van der Waals surface area contributed by atoms with Gasteiger partial charge < -0.3 is 4.43 Å². The van der Waals surface area contributed by atoms with Crippen molar-refractivity contribution >= 4 is 25.7 Å². The highest BCUT2D eigenvalue weighted by molar-refractivity contribution is 8.02. The van der Waals surface area contributed by atoms with E-state index in [0.717, 1.165) is 11.5 Å². The third kappa shape index (κ3) is 5.72. The van der Waals surface area contributed by atoms with Crippen LogP contribution in [0, 0.1) is 5.92 Å². The Balaban J connectivity index is 3.05. The van der Waals surface area contributed by atoms with Crippen LogP contribution < -0.4 is 0 Å². The van der Waals surface area contributed by atoms with Crippen LogP contribution in [0.25, 0.3) is 5.57 Å². The Labute approximate surface area is 149 Å². The minimum absolute atomic E-state index is 0.218. The summed E-state index contributed by atoms with van der Waals surface area (Å²) >= 11 is 1.72. The molecule has 1 nitrogen and oxygen atoms in total. The van der Waals surface area contributed by atoms with E-state index in [0.29, 0.717) is 5.92 Å². The molecule has 0 aromatic heterocycles. The van der Waals surface area contributed by atoms with E-state index in [-0.39, 0.29) is 5.04 Å². The summed E-state index contributed by atoms with van der Waals surface area (Å²) < 4.78 is 6.54. The minimum Gasteiger partial charge on any atom is -0.539 e. The Kier molecular flexibility index (Phi) is 7.03. The van der Waals surface area contributed by atoms with E-state index >= 15 is 0 Å². The molecular formula is C20H34OSSi. The number of benzene rings is 1. The molecule has 0 aliphatic heterocycles. The summed E-state index contributed by atoms with van der Waals surface area (Å²) in [5.41, 5.74) is 3.92. The first-order valence-corrected chi connectivity index (χ1v) is 12.6.